The van der Waals surface area contributed by atoms with Crippen molar-refractivity contribution in [1.29, 1.82) is 0 Å². The van der Waals surface area contributed by atoms with Crippen LogP contribution in [-0.2, 0) is 19.1 Å². The zero-order valence-electron chi connectivity index (χ0n) is 15.2. The molecule has 0 spiro atoms. The summed E-state index contributed by atoms with van der Waals surface area (Å²) in [6.45, 7) is 6.22. The first-order valence-electron chi connectivity index (χ1n) is 9.27. The first-order valence-corrected chi connectivity index (χ1v) is 9.27. The molecule has 136 valence electrons. The number of ether oxygens (including phenoxy) is 2. The number of ketones is 2. The summed E-state index contributed by atoms with van der Waals surface area (Å²) < 4.78 is 11.4. The predicted octanol–water partition coefficient (Wildman–Crippen LogP) is 2.57. The molecule has 1 aromatic rings. The molecule has 3 saturated heterocycles. The third-order valence-electron chi connectivity index (χ3n) is 6.21. The Labute approximate surface area is 153 Å². The maximum absolute atomic E-state index is 13.4. The van der Waals surface area contributed by atoms with E-state index in [1.54, 1.807) is 0 Å². The summed E-state index contributed by atoms with van der Waals surface area (Å²) in [5.74, 6) is -0.314. The molecule has 4 aliphatic heterocycles. The van der Waals surface area contributed by atoms with Crippen molar-refractivity contribution in [3.63, 3.8) is 0 Å². The number of benzene rings is 1. The summed E-state index contributed by atoms with van der Waals surface area (Å²) in [4.78, 5) is 28.6. The second-order valence-electron chi connectivity index (χ2n) is 8.74. The van der Waals surface area contributed by atoms with Gasteiger partial charge >= 0.3 is 0 Å². The van der Waals surface area contributed by atoms with E-state index in [-0.39, 0.29) is 41.6 Å². The number of fused-ring (bicyclic) bond motifs is 8. The van der Waals surface area contributed by atoms with E-state index in [2.05, 4.69) is 17.0 Å². The third kappa shape index (κ3) is 2.04. The SMILES string of the molecule is CC(C)(C)C(=O)[C@H]1[C@H]2C3COC(O3)C(=O)[C@H]2C2c3ccccc3C=CN21. The standard InChI is InChI=1S/C21H23NO4/c1-21(2,3)19(24)17-14-13-10-25-20(26-13)18(23)15(14)16-12-7-5-4-6-11(12)8-9-22(16)17/h4-9,13-17,20H,10H2,1-3H3/t13?,14-,15+,16?,17+,20?/m0/s1. The summed E-state index contributed by atoms with van der Waals surface area (Å²) in [6, 6.07) is 7.64. The van der Waals surface area contributed by atoms with Crippen molar-refractivity contribution in [2.75, 3.05) is 6.61 Å². The van der Waals surface area contributed by atoms with Crippen LogP contribution >= 0.6 is 0 Å². The average molecular weight is 353 g/mol. The second kappa shape index (κ2) is 5.27. The number of carbonyl (C=O) groups is 2. The average Bonchev–Trinajstić information content (AvgIpc) is 3.19. The topological polar surface area (TPSA) is 55.8 Å². The summed E-state index contributed by atoms with van der Waals surface area (Å²) in [5.41, 5.74) is 1.74. The van der Waals surface area contributed by atoms with Gasteiger partial charge in [0.15, 0.2) is 11.6 Å². The molecule has 5 heteroatoms. The van der Waals surface area contributed by atoms with E-state index in [1.165, 1.54) is 0 Å². The molecule has 3 fully saturated rings. The Balaban J connectivity index is 1.68. The van der Waals surface area contributed by atoms with E-state index in [0.29, 0.717) is 6.61 Å². The van der Waals surface area contributed by atoms with Gasteiger partial charge in [-0.1, -0.05) is 45.0 Å². The minimum absolute atomic E-state index is 0.0203. The normalized spacial score (nSPS) is 37.3. The van der Waals surface area contributed by atoms with E-state index in [4.69, 9.17) is 9.47 Å². The summed E-state index contributed by atoms with van der Waals surface area (Å²) in [6.07, 6.45) is 3.07. The van der Waals surface area contributed by atoms with Crippen LogP contribution in [0, 0.1) is 17.3 Å². The number of hydrogen-bond acceptors (Lipinski definition) is 5. The highest BCUT2D eigenvalue weighted by atomic mass is 16.7. The van der Waals surface area contributed by atoms with Crippen LogP contribution in [0.4, 0.5) is 0 Å². The third-order valence-corrected chi connectivity index (χ3v) is 6.21. The van der Waals surface area contributed by atoms with Crippen LogP contribution in [0.15, 0.2) is 30.5 Å². The van der Waals surface area contributed by atoms with Crippen molar-refractivity contribution in [2.24, 2.45) is 17.3 Å². The van der Waals surface area contributed by atoms with Crippen molar-refractivity contribution in [1.82, 2.24) is 4.90 Å². The monoisotopic (exact) mass is 353 g/mol. The van der Waals surface area contributed by atoms with Gasteiger partial charge in [0.05, 0.1) is 30.7 Å². The number of hydrogen-bond donors (Lipinski definition) is 0. The second-order valence-corrected chi connectivity index (χ2v) is 8.74. The van der Waals surface area contributed by atoms with Crippen LogP contribution in [0.1, 0.15) is 37.9 Å². The molecule has 5 nitrogen and oxygen atoms in total. The summed E-state index contributed by atoms with van der Waals surface area (Å²) >= 11 is 0. The van der Waals surface area contributed by atoms with Crippen molar-refractivity contribution >= 4 is 17.6 Å². The smallest absolute Gasteiger partial charge is 0.218 e. The van der Waals surface area contributed by atoms with Crippen LogP contribution in [0.5, 0.6) is 0 Å². The van der Waals surface area contributed by atoms with E-state index >= 15 is 0 Å². The first-order chi connectivity index (χ1) is 12.4. The number of nitrogens with zero attached hydrogens (tertiary/aromatic N) is 1. The molecule has 0 radical (unpaired) electrons. The van der Waals surface area contributed by atoms with Crippen molar-refractivity contribution in [3.05, 3.63) is 41.6 Å². The fourth-order valence-corrected chi connectivity index (χ4v) is 5.06. The van der Waals surface area contributed by atoms with Crippen molar-refractivity contribution in [3.8, 4) is 0 Å². The first kappa shape index (κ1) is 16.2. The molecule has 4 heterocycles. The highest BCUT2D eigenvalue weighted by Crippen LogP contribution is 2.55. The summed E-state index contributed by atoms with van der Waals surface area (Å²) in [5, 5.41) is 0. The maximum atomic E-state index is 13.4. The van der Waals surface area contributed by atoms with Crippen LogP contribution in [0.25, 0.3) is 6.08 Å². The number of Topliss-reactive ketones (excluding diaryl/α,β-unsaturated/α-hetero) is 2. The molecule has 0 saturated carbocycles. The quantitative estimate of drug-likeness (QED) is 0.777. The van der Waals surface area contributed by atoms with Gasteiger partial charge in [-0.3, -0.25) is 9.59 Å². The highest BCUT2D eigenvalue weighted by Gasteiger charge is 2.64. The lowest BCUT2D eigenvalue weighted by atomic mass is 9.73. The van der Waals surface area contributed by atoms with Gasteiger partial charge in [0, 0.05) is 17.5 Å². The van der Waals surface area contributed by atoms with E-state index in [0.717, 1.165) is 11.1 Å². The Bertz CT molecular complexity index is 824. The molecule has 2 bridgehead atoms. The Morgan fingerprint density at radius 2 is 2.00 bits per heavy atom. The Hall–Kier alpha value is -1.98. The lowest BCUT2D eigenvalue weighted by Gasteiger charge is -2.36. The fourth-order valence-electron chi connectivity index (χ4n) is 5.06. The molecule has 5 rings (SSSR count). The van der Waals surface area contributed by atoms with E-state index in [1.807, 2.05) is 45.2 Å². The highest BCUT2D eigenvalue weighted by molar-refractivity contribution is 5.94. The lowest BCUT2D eigenvalue weighted by molar-refractivity contribution is -0.165. The molecular formula is C21H23NO4. The molecule has 26 heavy (non-hydrogen) atoms. The minimum Gasteiger partial charge on any atom is -0.359 e. The molecule has 0 N–H and O–H groups in total. The molecule has 0 aliphatic carbocycles. The van der Waals surface area contributed by atoms with Crippen LogP contribution in [-0.4, -0.2) is 41.5 Å². The maximum Gasteiger partial charge on any atom is 0.218 e. The zero-order valence-corrected chi connectivity index (χ0v) is 15.2. The van der Waals surface area contributed by atoms with Gasteiger partial charge < -0.3 is 14.4 Å². The van der Waals surface area contributed by atoms with Gasteiger partial charge in [-0.05, 0) is 17.2 Å². The number of carbonyl (C=O) groups excluding carboxylic acids is 2. The predicted molar refractivity (Wildman–Crippen MR) is 94.9 cm³/mol. The van der Waals surface area contributed by atoms with Crippen LogP contribution in [0.2, 0.25) is 0 Å². The van der Waals surface area contributed by atoms with Crippen LogP contribution in [0.3, 0.4) is 0 Å². The van der Waals surface area contributed by atoms with Gasteiger partial charge in [-0.2, -0.15) is 0 Å². The molecular weight excluding hydrogens is 330 g/mol. The largest absolute Gasteiger partial charge is 0.359 e. The Kier molecular flexibility index (Phi) is 3.29. The molecule has 0 aromatic heterocycles. The molecule has 1 aromatic carbocycles. The van der Waals surface area contributed by atoms with Gasteiger partial charge in [0.1, 0.15) is 0 Å². The Morgan fingerprint density at radius 1 is 1.23 bits per heavy atom. The fraction of sp³-hybridized carbons (Fsp3) is 0.524. The van der Waals surface area contributed by atoms with Gasteiger partial charge in [-0.15, -0.1) is 0 Å². The number of rotatable bonds is 1. The molecule has 0 amide bonds. The van der Waals surface area contributed by atoms with Gasteiger partial charge in [0.2, 0.25) is 6.29 Å². The minimum atomic E-state index is -0.773. The van der Waals surface area contributed by atoms with Crippen molar-refractivity contribution < 1.29 is 19.1 Å². The van der Waals surface area contributed by atoms with Crippen LogP contribution < -0.4 is 0 Å². The lowest BCUT2D eigenvalue weighted by Crippen LogP contribution is -2.50. The molecule has 3 unspecified atom stereocenters. The van der Waals surface area contributed by atoms with Gasteiger partial charge in [0.25, 0.3) is 0 Å². The van der Waals surface area contributed by atoms with E-state index in [9.17, 15) is 9.59 Å². The molecule has 6 atom stereocenters. The van der Waals surface area contributed by atoms with Gasteiger partial charge in [-0.25, -0.2) is 0 Å². The van der Waals surface area contributed by atoms with E-state index < -0.39 is 11.7 Å². The molecule has 4 aliphatic rings. The Morgan fingerprint density at radius 3 is 2.77 bits per heavy atom. The zero-order chi connectivity index (χ0) is 18.2. The summed E-state index contributed by atoms with van der Waals surface area (Å²) in [7, 11) is 0. The van der Waals surface area contributed by atoms with Crippen molar-refractivity contribution in [2.45, 2.75) is 45.2 Å².